The second kappa shape index (κ2) is 7.53. The smallest absolute Gasteiger partial charge is 0.407 e. The molecule has 1 aliphatic rings. The molecule has 130 valence electrons. The van der Waals surface area contributed by atoms with Crippen LogP contribution in [0.1, 0.15) is 58.5 Å². The van der Waals surface area contributed by atoms with Crippen LogP contribution in [0.25, 0.3) is 0 Å². The van der Waals surface area contributed by atoms with E-state index in [0.29, 0.717) is 11.7 Å². The largest absolute Gasteiger partial charge is 0.444 e. The van der Waals surface area contributed by atoms with Gasteiger partial charge in [-0.1, -0.05) is 24.9 Å². The van der Waals surface area contributed by atoms with Crippen LogP contribution >= 0.6 is 11.6 Å². The summed E-state index contributed by atoms with van der Waals surface area (Å²) in [6.45, 7) is 8.33. The van der Waals surface area contributed by atoms with Gasteiger partial charge in [0.2, 0.25) is 0 Å². The van der Waals surface area contributed by atoms with E-state index < -0.39 is 5.60 Å². The van der Waals surface area contributed by atoms with Crippen LogP contribution in [0.15, 0.2) is 0 Å². The van der Waals surface area contributed by atoms with E-state index in [1.54, 1.807) is 0 Å². The summed E-state index contributed by atoms with van der Waals surface area (Å²) in [7, 11) is 0. The summed E-state index contributed by atoms with van der Waals surface area (Å²) >= 11 is 6.15. The molecule has 1 aliphatic carbocycles. The van der Waals surface area contributed by atoms with Gasteiger partial charge in [-0.25, -0.2) is 9.78 Å². The van der Waals surface area contributed by atoms with Crippen molar-refractivity contribution >= 4 is 17.7 Å². The highest BCUT2D eigenvalue weighted by atomic mass is 35.5. The molecule has 3 N–H and O–H groups in total. The Bertz CT molecular complexity index is 539. The Labute approximate surface area is 142 Å². The number of imidazole rings is 1. The van der Waals surface area contributed by atoms with Crippen LogP contribution in [-0.2, 0) is 17.7 Å². The zero-order valence-corrected chi connectivity index (χ0v) is 15.1. The quantitative estimate of drug-likeness (QED) is 0.711. The van der Waals surface area contributed by atoms with Gasteiger partial charge < -0.3 is 20.4 Å². The first kappa shape index (κ1) is 18.1. The van der Waals surface area contributed by atoms with Gasteiger partial charge >= 0.3 is 6.09 Å². The Hall–Kier alpha value is -1.27. The van der Waals surface area contributed by atoms with Crippen molar-refractivity contribution in [1.82, 2.24) is 20.6 Å². The molecule has 6 nitrogen and oxygen atoms in total. The molecule has 1 fully saturated rings. The van der Waals surface area contributed by atoms with Gasteiger partial charge in [-0.2, -0.15) is 0 Å². The zero-order chi connectivity index (χ0) is 17.0. The molecule has 2 unspecified atom stereocenters. The summed E-state index contributed by atoms with van der Waals surface area (Å²) in [6.07, 6.45) is 3.68. The van der Waals surface area contributed by atoms with Crippen molar-refractivity contribution in [3.8, 4) is 0 Å². The van der Waals surface area contributed by atoms with E-state index in [4.69, 9.17) is 16.3 Å². The third kappa shape index (κ3) is 6.03. The lowest BCUT2D eigenvalue weighted by atomic mass is 10.2. The number of amides is 1. The Balaban J connectivity index is 1.72. The molecule has 1 aromatic heterocycles. The van der Waals surface area contributed by atoms with Gasteiger partial charge in [0.25, 0.3) is 0 Å². The predicted molar refractivity (Wildman–Crippen MR) is 90.6 cm³/mol. The van der Waals surface area contributed by atoms with Gasteiger partial charge in [0.15, 0.2) is 5.15 Å². The average molecular weight is 343 g/mol. The van der Waals surface area contributed by atoms with E-state index >= 15 is 0 Å². The highest BCUT2D eigenvalue weighted by Crippen LogP contribution is 2.23. The standard InChI is InChI=1S/C16H27ClN4O2/c1-5-6-7-13-19-12(14(17)21-13)9-18-10-8-11(10)20-15(22)23-16(2,3)4/h10-11,18H,5-9H2,1-4H3,(H,19,21)(H,20,22). The molecule has 23 heavy (non-hydrogen) atoms. The summed E-state index contributed by atoms with van der Waals surface area (Å²) in [4.78, 5) is 19.3. The molecule has 2 rings (SSSR count). The van der Waals surface area contributed by atoms with E-state index in [9.17, 15) is 4.79 Å². The molecule has 0 aliphatic heterocycles. The maximum Gasteiger partial charge on any atom is 0.407 e. The molecule has 0 bridgehead atoms. The molecule has 7 heteroatoms. The molecular formula is C16H27ClN4O2. The van der Waals surface area contributed by atoms with Gasteiger partial charge in [0, 0.05) is 25.0 Å². The monoisotopic (exact) mass is 342 g/mol. The molecule has 1 amide bonds. The van der Waals surface area contributed by atoms with Crippen molar-refractivity contribution in [1.29, 1.82) is 0 Å². The molecule has 1 aromatic rings. The van der Waals surface area contributed by atoms with Gasteiger partial charge in [-0.3, -0.25) is 0 Å². The Kier molecular flexibility index (Phi) is 5.92. The highest BCUT2D eigenvalue weighted by molar-refractivity contribution is 6.30. The summed E-state index contributed by atoms with van der Waals surface area (Å²) in [5, 5.41) is 6.77. The number of rotatable bonds is 7. The summed E-state index contributed by atoms with van der Waals surface area (Å²) in [5.74, 6) is 0.938. The maximum atomic E-state index is 11.7. The van der Waals surface area contributed by atoms with Crippen LogP contribution in [0, 0.1) is 0 Å². The Morgan fingerprint density at radius 2 is 2.17 bits per heavy atom. The topological polar surface area (TPSA) is 79.0 Å². The van der Waals surface area contributed by atoms with E-state index in [2.05, 4.69) is 27.5 Å². The van der Waals surface area contributed by atoms with E-state index in [-0.39, 0.29) is 18.2 Å². The number of aryl methyl sites for hydroxylation is 1. The molecule has 1 saturated carbocycles. The number of carbonyl (C=O) groups excluding carboxylic acids is 1. The number of nitrogens with one attached hydrogen (secondary N) is 3. The number of H-pyrrole nitrogens is 1. The second-order valence-corrected chi connectivity index (χ2v) is 7.39. The predicted octanol–water partition coefficient (Wildman–Crippen LogP) is 3.16. The lowest BCUT2D eigenvalue weighted by molar-refractivity contribution is 0.0522. The van der Waals surface area contributed by atoms with Crippen LogP contribution in [0.3, 0.4) is 0 Å². The maximum absolute atomic E-state index is 11.7. The van der Waals surface area contributed by atoms with Crippen LogP contribution in [0.5, 0.6) is 0 Å². The lowest BCUT2D eigenvalue weighted by Gasteiger charge is -2.19. The minimum atomic E-state index is -0.472. The summed E-state index contributed by atoms with van der Waals surface area (Å²) < 4.78 is 5.24. The molecule has 0 saturated heterocycles. The van der Waals surface area contributed by atoms with Gasteiger partial charge in [0.1, 0.15) is 11.4 Å². The van der Waals surface area contributed by atoms with Gasteiger partial charge in [0.05, 0.1) is 5.69 Å². The number of hydrogen-bond acceptors (Lipinski definition) is 4. The molecule has 2 atom stereocenters. The SMILES string of the molecule is CCCCc1nc(Cl)c(CNC2CC2NC(=O)OC(C)(C)C)[nH]1. The number of halogens is 1. The van der Waals surface area contributed by atoms with E-state index in [1.807, 2.05) is 20.8 Å². The number of alkyl carbamates (subject to hydrolysis) is 1. The summed E-state index contributed by atoms with van der Waals surface area (Å²) in [5.41, 5.74) is 0.431. The number of ether oxygens (including phenoxy) is 1. The molecule has 0 aromatic carbocycles. The normalized spacial score (nSPS) is 20.4. The van der Waals surface area contributed by atoms with Crippen LogP contribution in [0.4, 0.5) is 4.79 Å². The molecular weight excluding hydrogens is 316 g/mol. The number of unbranched alkanes of at least 4 members (excludes halogenated alkanes) is 1. The van der Waals surface area contributed by atoms with Crippen LogP contribution in [0.2, 0.25) is 5.15 Å². The summed E-state index contributed by atoms with van der Waals surface area (Å²) in [6, 6.07) is 0.368. The Morgan fingerprint density at radius 1 is 1.43 bits per heavy atom. The third-order valence-corrected chi connectivity index (χ3v) is 3.89. The second-order valence-electron chi connectivity index (χ2n) is 7.03. The van der Waals surface area contributed by atoms with Crippen molar-refractivity contribution in [2.45, 2.75) is 77.6 Å². The van der Waals surface area contributed by atoms with Crippen molar-refractivity contribution in [2.24, 2.45) is 0 Å². The minimum absolute atomic E-state index is 0.117. The van der Waals surface area contributed by atoms with E-state index in [1.165, 1.54) is 0 Å². The van der Waals surface area contributed by atoms with Crippen molar-refractivity contribution in [3.63, 3.8) is 0 Å². The minimum Gasteiger partial charge on any atom is -0.444 e. The number of aromatic nitrogens is 2. The number of aromatic amines is 1. The highest BCUT2D eigenvalue weighted by Gasteiger charge is 2.39. The Morgan fingerprint density at radius 3 is 2.83 bits per heavy atom. The first-order valence-electron chi connectivity index (χ1n) is 8.24. The lowest BCUT2D eigenvalue weighted by Crippen LogP contribution is -2.36. The average Bonchev–Trinajstić information content (AvgIpc) is 3.05. The number of hydrogen-bond donors (Lipinski definition) is 3. The van der Waals surface area contributed by atoms with Crippen LogP contribution in [-0.4, -0.2) is 33.7 Å². The van der Waals surface area contributed by atoms with Crippen molar-refractivity contribution in [3.05, 3.63) is 16.7 Å². The van der Waals surface area contributed by atoms with Gasteiger partial charge in [-0.05, 0) is 33.6 Å². The fourth-order valence-corrected chi connectivity index (χ4v) is 2.51. The van der Waals surface area contributed by atoms with Crippen molar-refractivity contribution < 1.29 is 9.53 Å². The zero-order valence-electron chi connectivity index (χ0n) is 14.3. The molecule has 0 spiro atoms. The van der Waals surface area contributed by atoms with Crippen molar-refractivity contribution in [2.75, 3.05) is 0 Å². The van der Waals surface area contributed by atoms with E-state index in [0.717, 1.165) is 37.2 Å². The number of carbonyl (C=O) groups is 1. The first-order valence-corrected chi connectivity index (χ1v) is 8.62. The third-order valence-electron chi connectivity index (χ3n) is 3.58. The first-order chi connectivity index (χ1) is 10.8. The fourth-order valence-electron chi connectivity index (χ4n) is 2.29. The van der Waals surface area contributed by atoms with Crippen LogP contribution < -0.4 is 10.6 Å². The molecule has 0 radical (unpaired) electrons. The van der Waals surface area contributed by atoms with Gasteiger partial charge in [-0.15, -0.1) is 0 Å². The molecule has 1 heterocycles. The fraction of sp³-hybridized carbons (Fsp3) is 0.750. The number of nitrogens with zero attached hydrogens (tertiary/aromatic N) is 1.